The number of nitrogens with zero attached hydrogens (tertiary/aromatic N) is 1. The molecule has 0 saturated heterocycles. The first-order chi connectivity index (χ1) is 18.0. The van der Waals surface area contributed by atoms with Crippen molar-refractivity contribution in [2.75, 3.05) is 52.1 Å². The highest BCUT2D eigenvalue weighted by molar-refractivity contribution is 7.21. The molecule has 3 aromatic carbocycles. The Balaban J connectivity index is 1.46. The highest BCUT2D eigenvalue weighted by Crippen LogP contribution is 2.37. The molecule has 0 radical (unpaired) electrons. The molecule has 0 aliphatic carbocycles. The predicted octanol–water partition coefficient (Wildman–Crippen LogP) is 5.72. The third-order valence-corrected chi connectivity index (χ3v) is 6.54. The zero-order chi connectivity index (χ0) is 26.0. The molecule has 0 spiro atoms. The average Bonchev–Trinajstić information content (AvgIpc) is 3.33. The van der Waals surface area contributed by atoms with Crippen LogP contribution in [0.5, 0.6) is 5.75 Å². The van der Waals surface area contributed by atoms with Crippen LogP contribution in [-0.4, -0.2) is 57.6 Å². The highest BCUT2D eigenvalue weighted by atomic mass is 32.1. The molecule has 1 amide bonds. The fourth-order valence-corrected chi connectivity index (χ4v) is 4.54. The predicted molar refractivity (Wildman–Crippen MR) is 143 cm³/mol. The van der Waals surface area contributed by atoms with Crippen molar-refractivity contribution in [3.63, 3.8) is 0 Å². The van der Waals surface area contributed by atoms with Crippen LogP contribution >= 0.6 is 11.3 Å². The molecule has 9 heteroatoms. The Morgan fingerprint density at radius 3 is 2.46 bits per heavy atom. The number of hydrogen-bond acceptors (Lipinski definition) is 7. The van der Waals surface area contributed by atoms with Gasteiger partial charge in [0, 0.05) is 24.4 Å². The summed E-state index contributed by atoms with van der Waals surface area (Å²) in [5.41, 5.74) is 3.07. The first kappa shape index (κ1) is 26.7. The number of aryl methyl sites for hydroxylation is 1. The Bertz CT molecular complexity index is 1310. The SMILES string of the molecule is COCCOCCOCCOc1cc(NC(=O)c2ccc(F)c(C)c2)ccc1-c1nc2ccccc2s1. The maximum Gasteiger partial charge on any atom is 0.255 e. The summed E-state index contributed by atoms with van der Waals surface area (Å²) in [6.07, 6.45) is 0. The summed E-state index contributed by atoms with van der Waals surface area (Å²) in [4.78, 5) is 17.5. The summed E-state index contributed by atoms with van der Waals surface area (Å²) in [7, 11) is 1.63. The molecule has 0 fully saturated rings. The number of methoxy groups -OCH3 is 1. The number of benzene rings is 3. The zero-order valence-corrected chi connectivity index (χ0v) is 21.6. The maximum atomic E-state index is 13.6. The molecule has 194 valence electrons. The molecule has 0 unspecified atom stereocenters. The van der Waals surface area contributed by atoms with E-state index < -0.39 is 0 Å². The molecular weight excluding hydrogens is 495 g/mol. The van der Waals surface area contributed by atoms with E-state index in [1.54, 1.807) is 37.5 Å². The first-order valence-electron chi connectivity index (χ1n) is 11.9. The normalized spacial score (nSPS) is 11.1. The molecule has 4 aromatic rings. The van der Waals surface area contributed by atoms with Crippen molar-refractivity contribution in [1.82, 2.24) is 4.98 Å². The van der Waals surface area contributed by atoms with Crippen molar-refractivity contribution in [2.24, 2.45) is 0 Å². The lowest BCUT2D eigenvalue weighted by molar-refractivity contribution is 0.0180. The van der Waals surface area contributed by atoms with E-state index in [0.717, 1.165) is 20.8 Å². The van der Waals surface area contributed by atoms with Gasteiger partial charge in [-0.2, -0.15) is 0 Å². The van der Waals surface area contributed by atoms with Crippen molar-refractivity contribution in [2.45, 2.75) is 6.92 Å². The second-order valence-electron chi connectivity index (χ2n) is 8.18. The van der Waals surface area contributed by atoms with E-state index >= 15 is 0 Å². The quantitative estimate of drug-likeness (QED) is 0.225. The number of hydrogen-bond donors (Lipinski definition) is 1. The van der Waals surface area contributed by atoms with Gasteiger partial charge in [-0.1, -0.05) is 12.1 Å². The largest absolute Gasteiger partial charge is 0.490 e. The van der Waals surface area contributed by atoms with Crippen molar-refractivity contribution < 1.29 is 28.1 Å². The Morgan fingerprint density at radius 2 is 1.70 bits per heavy atom. The van der Waals surface area contributed by atoms with Crippen LogP contribution in [0.1, 0.15) is 15.9 Å². The molecule has 1 aromatic heterocycles. The van der Waals surface area contributed by atoms with Crippen LogP contribution < -0.4 is 10.1 Å². The summed E-state index contributed by atoms with van der Waals surface area (Å²) in [6, 6.07) is 17.6. The van der Waals surface area contributed by atoms with Crippen LogP contribution in [0.2, 0.25) is 0 Å². The Labute approximate surface area is 219 Å². The molecule has 7 nitrogen and oxygen atoms in total. The lowest BCUT2D eigenvalue weighted by Crippen LogP contribution is -2.14. The number of nitrogens with one attached hydrogen (secondary N) is 1. The van der Waals surface area contributed by atoms with Gasteiger partial charge in [0.2, 0.25) is 0 Å². The van der Waals surface area contributed by atoms with Gasteiger partial charge in [-0.15, -0.1) is 11.3 Å². The van der Waals surface area contributed by atoms with Crippen molar-refractivity contribution in [3.8, 4) is 16.3 Å². The monoisotopic (exact) mass is 524 g/mol. The summed E-state index contributed by atoms with van der Waals surface area (Å²) in [5, 5.41) is 3.68. The van der Waals surface area contributed by atoms with Gasteiger partial charge in [-0.25, -0.2) is 9.37 Å². The number of halogens is 1. The van der Waals surface area contributed by atoms with Crippen LogP contribution in [0.3, 0.4) is 0 Å². The van der Waals surface area contributed by atoms with Crippen molar-refractivity contribution in [1.29, 1.82) is 0 Å². The number of anilines is 1. The van der Waals surface area contributed by atoms with Gasteiger partial charge in [0.15, 0.2) is 0 Å². The van der Waals surface area contributed by atoms with Crippen LogP contribution in [-0.2, 0) is 14.2 Å². The van der Waals surface area contributed by atoms with Crippen LogP contribution in [0.15, 0.2) is 60.7 Å². The van der Waals surface area contributed by atoms with Gasteiger partial charge >= 0.3 is 0 Å². The number of amides is 1. The smallest absolute Gasteiger partial charge is 0.255 e. The number of thiazole rings is 1. The van der Waals surface area contributed by atoms with Crippen LogP contribution in [0.4, 0.5) is 10.1 Å². The molecule has 37 heavy (non-hydrogen) atoms. The van der Waals surface area contributed by atoms with Gasteiger partial charge in [0.25, 0.3) is 5.91 Å². The van der Waals surface area contributed by atoms with E-state index in [0.29, 0.717) is 62.2 Å². The topological polar surface area (TPSA) is 78.9 Å². The third kappa shape index (κ3) is 7.33. The maximum absolute atomic E-state index is 13.6. The number of rotatable bonds is 13. The lowest BCUT2D eigenvalue weighted by Gasteiger charge is -2.13. The minimum Gasteiger partial charge on any atom is -0.490 e. The summed E-state index contributed by atoms with van der Waals surface area (Å²) >= 11 is 1.57. The molecule has 0 atom stereocenters. The molecule has 0 aliphatic rings. The summed E-state index contributed by atoms with van der Waals surface area (Å²) in [6.45, 7) is 4.31. The third-order valence-electron chi connectivity index (χ3n) is 5.47. The fourth-order valence-electron chi connectivity index (χ4n) is 3.55. The minimum absolute atomic E-state index is 0.310. The second-order valence-corrected chi connectivity index (χ2v) is 9.21. The average molecular weight is 525 g/mol. The number of para-hydroxylation sites is 1. The molecule has 4 rings (SSSR count). The number of ether oxygens (including phenoxy) is 4. The van der Waals surface area contributed by atoms with E-state index in [1.165, 1.54) is 18.2 Å². The van der Waals surface area contributed by atoms with E-state index in [1.807, 2.05) is 30.3 Å². The highest BCUT2D eigenvalue weighted by Gasteiger charge is 2.15. The van der Waals surface area contributed by atoms with E-state index in [2.05, 4.69) is 5.32 Å². The molecule has 0 aliphatic heterocycles. The van der Waals surface area contributed by atoms with Gasteiger partial charge in [0.05, 0.1) is 48.8 Å². The van der Waals surface area contributed by atoms with Crippen molar-refractivity contribution >= 4 is 33.1 Å². The van der Waals surface area contributed by atoms with Gasteiger partial charge in [0.1, 0.15) is 23.2 Å². The van der Waals surface area contributed by atoms with E-state index in [9.17, 15) is 9.18 Å². The Morgan fingerprint density at radius 1 is 0.946 bits per heavy atom. The summed E-state index contributed by atoms with van der Waals surface area (Å²) < 4.78 is 36.7. The number of aromatic nitrogens is 1. The van der Waals surface area contributed by atoms with E-state index in [-0.39, 0.29) is 11.7 Å². The van der Waals surface area contributed by atoms with Gasteiger partial charge in [-0.05, 0) is 55.0 Å². The van der Waals surface area contributed by atoms with Gasteiger partial charge in [-0.3, -0.25) is 4.79 Å². The lowest BCUT2D eigenvalue weighted by atomic mass is 10.1. The number of carbonyl (C=O) groups is 1. The van der Waals surface area contributed by atoms with E-state index in [4.69, 9.17) is 23.9 Å². The molecule has 1 N–H and O–H groups in total. The number of fused-ring (bicyclic) bond motifs is 1. The number of carbonyl (C=O) groups excluding carboxylic acids is 1. The zero-order valence-electron chi connectivity index (χ0n) is 20.8. The van der Waals surface area contributed by atoms with Crippen molar-refractivity contribution in [3.05, 3.63) is 77.6 Å². The van der Waals surface area contributed by atoms with Crippen LogP contribution in [0, 0.1) is 12.7 Å². The molecule has 0 bridgehead atoms. The Kier molecular flexibility index (Phi) is 9.56. The molecule has 0 saturated carbocycles. The molecule has 1 heterocycles. The first-order valence-corrected chi connectivity index (χ1v) is 12.7. The second kappa shape index (κ2) is 13.3. The molecular formula is C28H29FN2O5S. The summed E-state index contributed by atoms with van der Waals surface area (Å²) in [5.74, 6) is -0.109. The van der Waals surface area contributed by atoms with Crippen LogP contribution in [0.25, 0.3) is 20.8 Å². The Hall–Kier alpha value is -3.37. The standard InChI is InChI=1S/C28H29FN2O5S/c1-19-17-20(7-10-23(19)29)27(32)30-21-8-9-22(28-31-24-5-3-4-6-26(24)37-28)25(18-21)36-16-15-35-14-13-34-12-11-33-2/h3-10,17-18H,11-16H2,1-2H3,(H,30,32). The minimum atomic E-state index is -0.351. The fraction of sp³-hybridized carbons (Fsp3) is 0.286. The van der Waals surface area contributed by atoms with Gasteiger partial charge < -0.3 is 24.3 Å².